The molecule has 0 fully saturated rings. The third-order valence-electron chi connectivity index (χ3n) is 2.40. The summed E-state index contributed by atoms with van der Waals surface area (Å²) >= 11 is 0. The number of hydrogen-bond acceptors (Lipinski definition) is 1. The van der Waals surface area contributed by atoms with E-state index in [4.69, 9.17) is 0 Å². The summed E-state index contributed by atoms with van der Waals surface area (Å²) in [5.41, 5.74) is 2.52. The highest BCUT2D eigenvalue weighted by Crippen LogP contribution is 2.28. The molecule has 0 aliphatic rings. The van der Waals surface area contributed by atoms with Crippen LogP contribution in [0.2, 0.25) is 0 Å². The van der Waals surface area contributed by atoms with Crippen LogP contribution in [0.15, 0.2) is 18.5 Å². The highest BCUT2D eigenvalue weighted by Gasteiger charge is 2.21. The third kappa shape index (κ3) is 2.25. The average Bonchev–Trinajstić information content (AvgIpc) is 2.01. The quantitative estimate of drug-likeness (QED) is 0.497. The zero-order chi connectivity index (χ0) is 10.9. The summed E-state index contributed by atoms with van der Waals surface area (Å²) < 4.78 is 0.880. The van der Waals surface area contributed by atoms with E-state index in [1.165, 1.54) is 5.56 Å². The molecule has 1 rings (SSSR count). The van der Waals surface area contributed by atoms with Crippen molar-refractivity contribution in [1.82, 2.24) is 0 Å². The highest BCUT2D eigenvalue weighted by molar-refractivity contribution is 5.30. The third-order valence-corrected chi connectivity index (χ3v) is 2.40. The largest absolute Gasteiger partial charge is 0.619 e. The summed E-state index contributed by atoms with van der Waals surface area (Å²) in [6, 6.07) is 1.93. The molecule has 0 N–H and O–H groups in total. The first-order valence-corrected chi connectivity index (χ1v) is 5.05. The molecule has 0 amide bonds. The standard InChI is InChI=1S/C12H19NO/c1-9(2)10-8-13(14)7-6-11(10)12(3,4)5/h6-9H,1-5H3. The van der Waals surface area contributed by atoms with Gasteiger partial charge >= 0.3 is 0 Å². The Bertz CT molecular complexity index is 324. The molecule has 2 nitrogen and oxygen atoms in total. The fraction of sp³-hybridized carbons (Fsp3) is 0.583. The van der Waals surface area contributed by atoms with Gasteiger partial charge in [-0.25, -0.2) is 0 Å². The lowest BCUT2D eigenvalue weighted by Crippen LogP contribution is -2.28. The maximum Gasteiger partial charge on any atom is 0.184 e. The number of pyridine rings is 1. The second-order valence-electron chi connectivity index (χ2n) is 5.08. The van der Waals surface area contributed by atoms with Gasteiger partial charge in [-0.2, -0.15) is 4.73 Å². The molecule has 0 radical (unpaired) electrons. The van der Waals surface area contributed by atoms with Crippen molar-refractivity contribution >= 4 is 0 Å². The molecule has 0 saturated carbocycles. The Morgan fingerprint density at radius 2 is 1.86 bits per heavy atom. The molecule has 2 heteroatoms. The monoisotopic (exact) mass is 193 g/mol. The Labute approximate surface area is 86.2 Å². The molecule has 1 aromatic heterocycles. The summed E-state index contributed by atoms with van der Waals surface area (Å²) in [5, 5.41) is 11.2. The molecule has 0 unspecified atom stereocenters. The number of rotatable bonds is 1. The molecule has 0 atom stereocenters. The van der Waals surface area contributed by atoms with E-state index in [2.05, 4.69) is 34.6 Å². The molecule has 1 heterocycles. The Morgan fingerprint density at radius 3 is 2.29 bits per heavy atom. The highest BCUT2D eigenvalue weighted by atomic mass is 16.5. The van der Waals surface area contributed by atoms with Gasteiger partial charge in [-0.1, -0.05) is 34.6 Å². The molecule has 0 aromatic carbocycles. The lowest BCUT2D eigenvalue weighted by Gasteiger charge is -2.23. The molecule has 0 aliphatic carbocycles. The lowest BCUT2D eigenvalue weighted by molar-refractivity contribution is -0.606. The summed E-state index contributed by atoms with van der Waals surface area (Å²) in [7, 11) is 0. The molecule has 0 spiro atoms. The van der Waals surface area contributed by atoms with E-state index in [9.17, 15) is 5.21 Å². The first-order chi connectivity index (χ1) is 6.32. The van der Waals surface area contributed by atoms with Crippen LogP contribution in [0.4, 0.5) is 0 Å². The topological polar surface area (TPSA) is 26.9 Å². The zero-order valence-electron chi connectivity index (χ0n) is 9.66. The predicted octanol–water partition coefficient (Wildman–Crippen LogP) is 2.74. The minimum absolute atomic E-state index is 0.105. The maximum absolute atomic E-state index is 11.2. The van der Waals surface area contributed by atoms with Crippen molar-refractivity contribution in [3.05, 3.63) is 34.8 Å². The smallest absolute Gasteiger partial charge is 0.184 e. The van der Waals surface area contributed by atoms with Crippen molar-refractivity contribution < 1.29 is 4.73 Å². The first-order valence-electron chi connectivity index (χ1n) is 5.05. The Hall–Kier alpha value is -1.05. The summed E-state index contributed by atoms with van der Waals surface area (Å²) in [6.07, 6.45) is 3.26. The number of aromatic nitrogens is 1. The minimum Gasteiger partial charge on any atom is -0.619 e. The van der Waals surface area contributed by atoms with Crippen LogP contribution in [0.3, 0.4) is 0 Å². The van der Waals surface area contributed by atoms with Gasteiger partial charge in [0.25, 0.3) is 0 Å². The van der Waals surface area contributed by atoms with Crippen molar-refractivity contribution in [2.75, 3.05) is 0 Å². The van der Waals surface area contributed by atoms with E-state index < -0.39 is 0 Å². The second-order valence-corrected chi connectivity index (χ2v) is 5.08. The molecular formula is C12H19NO. The second kappa shape index (κ2) is 3.60. The van der Waals surface area contributed by atoms with E-state index in [1.807, 2.05) is 6.07 Å². The first kappa shape index (κ1) is 11.0. The van der Waals surface area contributed by atoms with Crippen LogP contribution in [0.25, 0.3) is 0 Å². The van der Waals surface area contributed by atoms with Crippen LogP contribution in [0.1, 0.15) is 51.7 Å². The summed E-state index contributed by atoms with van der Waals surface area (Å²) in [5.74, 6) is 0.394. The van der Waals surface area contributed by atoms with Gasteiger partial charge in [-0.15, -0.1) is 0 Å². The van der Waals surface area contributed by atoms with Gasteiger partial charge in [0, 0.05) is 11.6 Å². The van der Waals surface area contributed by atoms with Gasteiger partial charge in [0.15, 0.2) is 12.4 Å². The minimum atomic E-state index is 0.105. The van der Waals surface area contributed by atoms with Crippen molar-refractivity contribution in [2.24, 2.45) is 0 Å². The van der Waals surface area contributed by atoms with Crippen LogP contribution in [-0.2, 0) is 5.41 Å². The van der Waals surface area contributed by atoms with Crippen LogP contribution in [0.5, 0.6) is 0 Å². The van der Waals surface area contributed by atoms with Crippen LogP contribution in [-0.4, -0.2) is 0 Å². The molecule has 1 aromatic rings. The van der Waals surface area contributed by atoms with Crippen LogP contribution in [0, 0.1) is 5.21 Å². The molecule has 0 saturated heterocycles. The van der Waals surface area contributed by atoms with E-state index >= 15 is 0 Å². The predicted molar refractivity (Wildman–Crippen MR) is 58.2 cm³/mol. The molecule has 14 heavy (non-hydrogen) atoms. The van der Waals surface area contributed by atoms with Crippen molar-refractivity contribution in [2.45, 2.75) is 46.0 Å². The van der Waals surface area contributed by atoms with Crippen LogP contribution >= 0.6 is 0 Å². The van der Waals surface area contributed by atoms with Crippen molar-refractivity contribution in [3.8, 4) is 0 Å². The van der Waals surface area contributed by atoms with Crippen molar-refractivity contribution in [3.63, 3.8) is 0 Å². The molecule has 78 valence electrons. The Balaban J connectivity index is 3.29. The van der Waals surface area contributed by atoms with Gasteiger partial charge in [-0.05, 0) is 16.9 Å². The number of hydrogen-bond donors (Lipinski definition) is 0. The van der Waals surface area contributed by atoms with Gasteiger partial charge in [0.05, 0.1) is 0 Å². The molecule has 0 aliphatic heterocycles. The number of nitrogens with zero attached hydrogens (tertiary/aromatic N) is 1. The molecular weight excluding hydrogens is 174 g/mol. The van der Waals surface area contributed by atoms with Gasteiger partial charge < -0.3 is 5.21 Å². The van der Waals surface area contributed by atoms with Crippen molar-refractivity contribution in [1.29, 1.82) is 0 Å². The SMILES string of the molecule is CC(C)c1c[n+]([O-])ccc1C(C)(C)C. The Kier molecular flexibility index (Phi) is 2.84. The fourth-order valence-electron chi connectivity index (χ4n) is 1.64. The van der Waals surface area contributed by atoms with Gasteiger partial charge in [-0.3, -0.25) is 0 Å². The van der Waals surface area contributed by atoms with Crippen LogP contribution < -0.4 is 4.73 Å². The van der Waals surface area contributed by atoms with E-state index in [0.717, 1.165) is 10.3 Å². The fourth-order valence-corrected chi connectivity index (χ4v) is 1.64. The Morgan fingerprint density at radius 1 is 1.29 bits per heavy atom. The molecule has 0 bridgehead atoms. The van der Waals surface area contributed by atoms with E-state index in [1.54, 1.807) is 12.4 Å². The zero-order valence-corrected chi connectivity index (χ0v) is 9.66. The normalized spacial score (nSPS) is 12.1. The summed E-state index contributed by atoms with van der Waals surface area (Å²) in [6.45, 7) is 10.7. The van der Waals surface area contributed by atoms with E-state index in [0.29, 0.717) is 5.92 Å². The van der Waals surface area contributed by atoms with Gasteiger partial charge in [0.1, 0.15) is 0 Å². The van der Waals surface area contributed by atoms with E-state index in [-0.39, 0.29) is 5.41 Å². The lowest BCUT2D eigenvalue weighted by atomic mass is 9.82. The summed E-state index contributed by atoms with van der Waals surface area (Å²) in [4.78, 5) is 0. The van der Waals surface area contributed by atoms with Gasteiger partial charge in [0.2, 0.25) is 0 Å². The maximum atomic E-state index is 11.2. The average molecular weight is 193 g/mol.